The molecule has 70 heavy (non-hydrogen) atoms. The maximum absolute atomic E-state index is 13.6. The smallest absolute Gasteiger partial charge is 0.355 e. The first-order valence-corrected chi connectivity index (χ1v) is 23.8. The Kier molecular flexibility index (Phi) is 12.6. The lowest BCUT2D eigenvalue weighted by Crippen LogP contribution is -2.39. The van der Waals surface area contributed by atoms with E-state index in [2.05, 4.69) is 36.0 Å². The molecule has 0 aliphatic carbocycles. The molecular weight excluding hydrogens is 907 g/mol. The molecule has 1 atom stereocenters. The number of piperidine rings is 1. The third kappa shape index (κ3) is 9.43. The summed E-state index contributed by atoms with van der Waals surface area (Å²) in [6.07, 6.45) is 4.45. The number of pyridine rings is 2. The largest absolute Gasteiger partial charge is 0.493 e. The number of thiazole rings is 1. The monoisotopic (exact) mass is 953 g/mol. The van der Waals surface area contributed by atoms with E-state index in [1.807, 2.05) is 96.8 Å². The molecule has 8 aromatic rings. The quantitative estimate of drug-likeness (QED) is 0.0601. The topological polar surface area (TPSA) is 211 Å². The zero-order valence-corrected chi connectivity index (χ0v) is 39.1. The molecule has 4 aromatic carbocycles. The third-order valence-corrected chi connectivity index (χ3v) is 13.8. The molecule has 2 aliphatic heterocycles. The molecule has 6 heterocycles. The van der Waals surface area contributed by atoms with Crippen molar-refractivity contribution in [3.63, 3.8) is 0 Å². The van der Waals surface area contributed by atoms with Crippen LogP contribution < -0.4 is 25.6 Å². The summed E-state index contributed by atoms with van der Waals surface area (Å²) in [6.45, 7) is 3.28. The van der Waals surface area contributed by atoms with Crippen LogP contribution >= 0.6 is 11.3 Å². The van der Waals surface area contributed by atoms with Crippen LogP contribution in [0.2, 0.25) is 0 Å². The van der Waals surface area contributed by atoms with Crippen molar-refractivity contribution in [2.45, 2.75) is 57.9 Å². The Balaban J connectivity index is 0.738. The van der Waals surface area contributed by atoms with E-state index in [0.717, 1.165) is 49.1 Å². The third-order valence-electron chi connectivity index (χ3n) is 12.8. The van der Waals surface area contributed by atoms with Gasteiger partial charge in [-0.25, -0.2) is 14.8 Å². The maximum Gasteiger partial charge on any atom is 0.355 e. The second-order valence-corrected chi connectivity index (χ2v) is 18.5. The van der Waals surface area contributed by atoms with Crippen molar-refractivity contribution in [1.82, 2.24) is 30.0 Å². The van der Waals surface area contributed by atoms with E-state index in [1.165, 1.54) is 11.3 Å². The van der Waals surface area contributed by atoms with Crippen LogP contribution in [0.3, 0.4) is 0 Å². The number of aromatic carboxylic acids is 1. The minimum atomic E-state index is -1.15. The number of carboxylic acid groups (broad SMARTS) is 1. The number of ether oxygens (including phenoxy) is 1. The zero-order valence-electron chi connectivity index (χ0n) is 38.3. The van der Waals surface area contributed by atoms with Gasteiger partial charge in [0.05, 0.1) is 40.4 Å². The SMILES string of the molecule is Cc1c(OCCCc2ccc(CC(=O)Nc3ccc4c(C5CCC(=O)NC5=O)nn(C)c4c3)cn2)cccc1-c1ccc(N2CCc3cccc(C(=O)Nc4nc5ccccc5s4)c3C2)nc1C(=O)O. The van der Waals surface area contributed by atoms with E-state index in [-0.39, 0.29) is 42.2 Å². The Morgan fingerprint density at radius 3 is 2.59 bits per heavy atom. The van der Waals surface area contributed by atoms with Gasteiger partial charge in [0.2, 0.25) is 17.7 Å². The van der Waals surface area contributed by atoms with Gasteiger partial charge in [-0.2, -0.15) is 5.10 Å². The van der Waals surface area contributed by atoms with Crippen LogP contribution in [0, 0.1) is 6.92 Å². The fraction of sp³-hybridized carbons (Fsp3) is 0.226. The van der Waals surface area contributed by atoms with E-state index in [0.29, 0.717) is 90.2 Å². The molecule has 1 unspecified atom stereocenters. The normalized spacial score (nSPS) is 14.6. The highest BCUT2D eigenvalue weighted by atomic mass is 32.1. The number of hydrogen-bond donors (Lipinski definition) is 4. The lowest BCUT2D eigenvalue weighted by molar-refractivity contribution is -0.134. The van der Waals surface area contributed by atoms with Gasteiger partial charge in [-0.05, 0) is 121 Å². The average molecular weight is 954 g/mol. The van der Waals surface area contributed by atoms with E-state index >= 15 is 0 Å². The molecule has 2 aliphatic rings. The molecule has 10 rings (SSSR count). The fourth-order valence-corrected chi connectivity index (χ4v) is 10.1. The molecule has 0 bridgehead atoms. The van der Waals surface area contributed by atoms with Gasteiger partial charge in [-0.15, -0.1) is 0 Å². The summed E-state index contributed by atoms with van der Waals surface area (Å²) in [4.78, 5) is 79.5. The molecule has 4 N–H and O–H groups in total. The number of fused-ring (bicyclic) bond motifs is 3. The molecule has 4 amide bonds. The minimum absolute atomic E-state index is 0.0780. The van der Waals surface area contributed by atoms with Gasteiger partial charge in [0, 0.05) is 60.6 Å². The van der Waals surface area contributed by atoms with Crippen LogP contribution in [0.1, 0.15) is 79.7 Å². The fourth-order valence-electron chi connectivity index (χ4n) is 9.26. The molecule has 17 heteroatoms. The Hall–Kier alpha value is -8.31. The maximum atomic E-state index is 13.6. The molecule has 0 saturated carbocycles. The van der Waals surface area contributed by atoms with Crippen molar-refractivity contribution in [1.29, 1.82) is 0 Å². The number of anilines is 3. The summed E-state index contributed by atoms with van der Waals surface area (Å²) < 4.78 is 8.89. The number of imide groups is 1. The van der Waals surface area contributed by atoms with Crippen LogP contribution in [-0.4, -0.2) is 72.6 Å². The number of aryl methyl sites for hydroxylation is 2. The summed E-state index contributed by atoms with van der Waals surface area (Å²) in [5.74, 6) is -1.61. The van der Waals surface area contributed by atoms with Gasteiger partial charge < -0.3 is 20.1 Å². The van der Waals surface area contributed by atoms with E-state index in [1.54, 1.807) is 36.1 Å². The number of carbonyl (C=O) groups is 5. The van der Waals surface area contributed by atoms with Gasteiger partial charge >= 0.3 is 5.97 Å². The second kappa shape index (κ2) is 19.4. The molecule has 0 spiro atoms. The number of hydrogen-bond acceptors (Lipinski definition) is 12. The van der Waals surface area contributed by atoms with E-state index in [9.17, 15) is 29.1 Å². The van der Waals surface area contributed by atoms with Crippen LogP contribution in [0.4, 0.5) is 16.6 Å². The predicted molar refractivity (Wildman–Crippen MR) is 266 cm³/mol. The number of aromatic nitrogens is 5. The first-order chi connectivity index (χ1) is 33.9. The summed E-state index contributed by atoms with van der Waals surface area (Å²) in [5.41, 5.74) is 8.74. The van der Waals surface area contributed by atoms with Crippen molar-refractivity contribution in [2.24, 2.45) is 7.05 Å². The van der Waals surface area contributed by atoms with Gasteiger partial charge in [-0.3, -0.25) is 39.5 Å². The van der Waals surface area contributed by atoms with Crippen molar-refractivity contribution in [2.75, 3.05) is 28.7 Å². The summed E-state index contributed by atoms with van der Waals surface area (Å²) in [7, 11) is 1.78. The lowest BCUT2D eigenvalue weighted by Gasteiger charge is -2.31. The number of benzene rings is 4. The van der Waals surface area contributed by atoms with Crippen LogP contribution in [0.5, 0.6) is 5.75 Å². The Labute approximate surface area is 405 Å². The molecule has 1 fully saturated rings. The number of nitrogens with zero attached hydrogens (tertiary/aromatic N) is 6. The molecule has 1 saturated heterocycles. The van der Waals surface area contributed by atoms with Crippen LogP contribution in [0.15, 0.2) is 109 Å². The van der Waals surface area contributed by atoms with Crippen molar-refractivity contribution in [3.05, 3.63) is 154 Å². The van der Waals surface area contributed by atoms with Crippen LogP contribution in [-0.2, 0) is 47.2 Å². The van der Waals surface area contributed by atoms with E-state index in [4.69, 9.17) is 4.74 Å². The minimum Gasteiger partial charge on any atom is -0.493 e. The first kappa shape index (κ1) is 45.5. The second-order valence-electron chi connectivity index (χ2n) is 17.4. The van der Waals surface area contributed by atoms with Crippen molar-refractivity contribution < 1.29 is 33.8 Å². The Morgan fingerprint density at radius 1 is 0.914 bits per heavy atom. The van der Waals surface area contributed by atoms with Crippen LogP contribution in [0.25, 0.3) is 32.2 Å². The summed E-state index contributed by atoms with van der Waals surface area (Å²) in [6, 6.07) is 31.9. The number of para-hydroxylation sites is 1. The number of carbonyl (C=O) groups excluding carboxylic acids is 4. The first-order valence-electron chi connectivity index (χ1n) is 23.0. The zero-order chi connectivity index (χ0) is 48.5. The standard InChI is InChI=1S/C53H47N9O7S/c1-30-35(36-19-21-45(57-49(36)52(67)68)62-24-23-32-8-5-11-37(40(32)29-62)50(65)59-53-56-41-12-3-4-14-44(41)70-53)10-6-13-43(30)69-25-7-9-33-16-15-31(28-54-33)26-47(64)55-34-17-18-38-42(27-34)61(2)60-48(38)39-20-22-46(63)58-51(39)66/h3-6,8,10-19,21,27-28,39H,7,9,20,22-26,29H2,1-2H3,(H,55,64)(H,67,68)(H,56,59,65)(H,58,63,66). The molecule has 16 nitrogen and oxygen atoms in total. The molecule has 4 aromatic heterocycles. The number of carboxylic acids is 1. The number of nitrogens with one attached hydrogen (secondary N) is 3. The van der Waals surface area contributed by atoms with E-state index < -0.39 is 11.9 Å². The summed E-state index contributed by atoms with van der Waals surface area (Å²) >= 11 is 1.42. The number of amides is 4. The molecule has 352 valence electrons. The molecular formula is C53H47N9O7S. The van der Waals surface area contributed by atoms with Gasteiger partial charge in [0.25, 0.3) is 5.91 Å². The number of rotatable bonds is 14. The molecule has 0 radical (unpaired) electrons. The predicted octanol–water partition coefficient (Wildman–Crippen LogP) is 8.17. The highest BCUT2D eigenvalue weighted by Gasteiger charge is 2.32. The van der Waals surface area contributed by atoms with Gasteiger partial charge in [0.1, 0.15) is 11.6 Å². The highest BCUT2D eigenvalue weighted by Crippen LogP contribution is 2.36. The average Bonchev–Trinajstić information content (AvgIpc) is 3.92. The van der Waals surface area contributed by atoms with Crippen molar-refractivity contribution >= 4 is 78.7 Å². The summed E-state index contributed by atoms with van der Waals surface area (Å²) in [5, 5.41) is 24.7. The van der Waals surface area contributed by atoms with Gasteiger partial charge in [0.15, 0.2) is 10.8 Å². The van der Waals surface area contributed by atoms with Crippen molar-refractivity contribution in [3.8, 4) is 16.9 Å². The lowest BCUT2D eigenvalue weighted by atomic mass is 9.93. The highest BCUT2D eigenvalue weighted by molar-refractivity contribution is 7.22. The Morgan fingerprint density at radius 2 is 1.77 bits per heavy atom. The Bertz CT molecular complexity index is 3350. The van der Waals surface area contributed by atoms with Gasteiger partial charge in [-0.1, -0.05) is 53.8 Å².